The fraction of sp³-hybridized carbons (Fsp3) is 0.800. The average molecular weight is 351 g/mol. The Balaban J connectivity index is 1.75. The Morgan fingerprint density at radius 1 is 1.21 bits per heavy atom. The number of aliphatic carboxylic acids is 1. The minimum atomic E-state index is -1.09. The van der Waals surface area contributed by atoms with Crippen LogP contribution in [0.25, 0.3) is 0 Å². The number of carbonyl (C=O) groups excluding carboxylic acids is 1. The van der Waals surface area contributed by atoms with Crippen LogP contribution in [0.1, 0.15) is 58.8 Å². The highest BCUT2D eigenvalue weighted by atomic mass is 35.5. The molecule has 24 heavy (non-hydrogen) atoms. The number of carboxylic acids is 1. The molecule has 0 aromatic carbocycles. The summed E-state index contributed by atoms with van der Waals surface area (Å²) in [5.74, 6) is -0.658. The summed E-state index contributed by atoms with van der Waals surface area (Å²) in [6.45, 7) is 4.60. The molecule has 3 nitrogen and oxygen atoms in total. The third kappa shape index (κ3) is 2.03. The lowest BCUT2D eigenvalue weighted by Crippen LogP contribution is -2.56. The first kappa shape index (κ1) is 16.6. The molecule has 0 saturated heterocycles. The molecule has 3 saturated carbocycles. The number of fused-ring (bicyclic) bond motifs is 5. The lowest BCUT2D eigenvalue weighted by molar-refractivity contribution is -0.148. The summed E-state index contributed by atoms with van der Waals surface area (Å²) in [6, 6.07) is 0. The maximum Gasteiger partial charge on any atom is 0.315 e. The maximum atomic E-state index is 12.3. The van der Waals surface area contributed by atoms with E-state index in [0.29, 0.717) is 17.3 Å². The van der Waals surface area contributed by atoms with E-state index in [1.165, 1.54) is 25.7 Å². The Kier molecular flexibility index (Phi) is 3.69. The van der Waals surface area contributed by atoms with Gasteiger partial charge in [-0.2, -0.15) is 0 Å². The lowest BCUT2D eigenvalue weighted by atomic mass is 9.46. The highest BCUT2D eigenvalue weighted by Crippen LogP contribution is 2.66. The number of ketones is 1. The number of hydrogen-bond donors (Lipinski definition) is 1. The first-order chi connectivity index (χ1) is 11.3. The van der Waals surface area contributed by atoms with Crippen molar-refractivity contribution in [3.05, 3.63) is 11.6 Å². The van der Waals surface area contributed by atoms with Gasteiger partial charge in [0.15, 0.2) is 5.78 Å². The largest absolute Gasteiger partial charge is 0.481 e. The zero-order valence-corrected chi connectivity index (χ0v) is 15.3. The Labute approximate surface area is 148 Å². The standard InChI is InChI=1S/C20H27ClO3/c1-19-8-3-4-13(19)12-6-5-11-10-15(22)16(18(23)24)17(21)20(11,2)14(12)7-9-19/h10,12-14,16-17H,3-9H2,1-2H3,(H,23,24)/t12-,13-,14+,16?,17?,19-,20-/m0/s1. The zero-order valence-electron chi connectivity index (χ0n) is 14.6. The molecule has 0 spiro atoms. The second kappa shape index (κ2) is 5.33. The molecule has 0 heterocycles. The highest BCUT2D eigenvalue weighted by Gasteiger charge is 2.61. The van der Waals surface area contributed by atoms with E-state index in [-0.39, 0.29) is 11.2 Å². The first-order valence-electron chi connectivity index (χ1n) is 9.41. The molecule has 0 amide bonds. The molecule has 0 aromatic rings. The average Bonchev–Trinajstić information content (AvgIpc) is 2.90. The fourth-order valence-corrected chi connectivity index (χ4v) is 7.40. The quantitative estimate of drug-likeness (QED) is 0.562. The molecule has 0 radical (unpaired) electrons. The van der Waals surface area contributed by atoms with E-state index < -0.39 is 17.3 Å². The van der Waals surface area contributed by atoms with Gasteiger partial charge in [-0.1, -0.05) is 25.8 Å². The molecule has 1 N–H and O–H groups in total. The van der Waals surface area contributed by atoms with Gasteiger partial charge in [0.05, 0.1) is 5.38 Å². The van der Waals surface area contributed by atoms with E-state index in [1.807, 2.05) is 0 Å². The Morgan fingerprint density at radius 3 is 2.67 bits per heavy atom. The molecule has 7 atom stereocenters. The van der Waals surface area contributed by atoms with Crippen molar-refractivity contribution in [2.45, 2.75) is 64.2 Å². The number of carbonyl (C=O) groups is 2. The predicted molar refractivity (Wildman–Crippen MR) is 92.9 cm³/mol. The van der Waals surface area contributed by atoms with Crippen molar-refractivity contribution in [3.8, 4) is 0 Å². The smallest absolute Gasteiger partial charge is 0.315 e. The zero-order chi connectivity index (χ0) is 17.3. The molecule has 4 heteroatoms. The molecular formula is C20H27ClO3. The second-order valence-electron chi connectivity index (χ2n) is 9.07. The van der Waals surface area contributed by atoms with Crippen LogP contribution >= 0.6 is 11.6 Å². The predicted octanol–water partition coefficient (Wildman–Crippen LogP) is 4.44. The summed E-state index contributed by atoms with van der Waals surface area (Å²) in [5, 5.41) is 8.91. The third-order valence-electron chi connectivity index (χ3n) is 8.18. The molecule has 0 bridgehead atoms. The van der Waals surface area contributed by atoms with Crippen molar-refractivity contribution in [3.63, 3.8) is 0 Å². The van der Waals surface area contributed by atoms with Gasteiger partial charge in [0.2, 0.25) is 0 Å². The molecule has 4 aliphatic carbocycles. The van der Waals surface area contributed by atoms with Gasteiger partial charge in [-0.25, -0.2) is 0 Å². The van der Waals surface area contributed by atoms with E-state index in [4.69, 9.17) is 11.6 Å². The van der Waals surface area contributed by atoms with Crippen LogP contribution in [-0.4, -0.2) is 22.2 Å². The Morgan fingerprint density at radius 2 is 1.96 bits per heavy atom. The second-order valence-corrected chi connectivity index (χ2v) is 9.54. The maximum absolute atomic E-state index is 12.3. The highest BCUT2D eigenvalue weighted by molar-refractivity contribution is 6.27. The van der Waals surface area contributed by atoms with E-state index in [0.717, 1.165) is 30.8 Å². The molecule has 0 aliphatic heterocycles. The van der Waals surface area contributed by atoms with Crippen molar-refractivity contribution < 1.29 is 14.7 Å². The Bertz CT molecular complexity index is 626. The number of rotatable bonds is 1. The SMILES string of the molecule is C[C@@]12CCC[C@H]1[C@@H]1CCC3=CC(=O)C(C(=O)O)C(Cl)[C@]3(C)[C@@H]1CC2. The summed E-state index contributed by atoms with van der Waals surface area (Å²) in [5.41, 5.74) is 1.25. The van der Waals surface area contributed by atoms with Crippen molar-refractivity contribution in [2.24, 2.45) is 34.5 Å². The number of alkyl halides is 1. The van der Waals surface area contributed by atoms with Crippen LogP contribution in [0.2, 0.25) is 0 Å². The molecular weight excluding hydrogens is 324 g/mol. The van der Waals surface area contributed by atoms with Gasteiger partial charge < -0.3 is 5.11 Å². The fourth-order valence-electron chi connectivity index (χ4n) is 6.87. The van der Waals surface area contributed by atoms with Gasteiger partial charge >= 0.3 is 5.97 Å². The molecule has 0 aromatic heterocycles. The van der Waals surface area contributed by atoms with Crippen LogP contribution in [0, 0.1) is 34.5 Å². The summed E-state index contributed by atoms with van der Waals surface area (Å²) in [7, 11) is 0. The Hall–Kier alpha value is -0.830. The monoisotopic (exact) mass is 350 g/mol. The number of carboxylic acid groups (broad SMARTS) is 1. The third-order valence-corrected chi connectivity index (χ3v) is 8.89. The first-order valence-corrected chi connectivity index (χ1v) is 9.84. The number of halogens is 1. The van der Waals surface area contributed by atoms with Gasteiger partial charge in [-0.15, -0.1) is 11.6 Å². The van der Waals surface area contributed by atoms with E-state index >= 15 is 0 Å². The van der Waals surface area contributed by atoms with Gasteiger partial charge in [0, 0.05) is 5.41 Å². The van der Waals surface area contributed by atoms with Crippen LogP contribution in [0.3, 0.4) is 0 Å². The van der Waals surface area contributed by atoms with Crippen LogP contribution in [0.15, 0.2) is 11.6 Å². The number of allylic oxidation sites excluding steroid dienone is 1. The number of hydrogen-bond acceptors (Lipinski definition) is 2. The molecule has 132 valence electrons. The van der Waals surface area contributed by atoms with E-state index in [1.54, 1.807) is 6.08 Å². The van der Waals surface area contributed by atoms with Crippen molar-refractivity contribution in [2.75, 3.05) is 0 Å². The normalized spacial score (nSPS) is 50.5. The summed E-state index contributed by atoms with van der Waals surface area (Å²) < 4.78 is 0. The summed E-state index contributed by atoms with van der Waals surface area (Å²) in [4.78, 5) is 23.9. The van der Waals surface area contributed by atoms with E-state index in [9.17, 15) is 14.7 Å². The van der Waals surface area contributed by atoms with Crippen molar-refractivity contribution >= 4 is 23.4 Å². The molecule has 2 unspecified atom stereocenters. The molecule has 4 rings (SSSR count). The van der Waals surface area contributed by atoms with Gasteiger partial charge in [-0.3, -0.25) is 9.59 Å². The van der Waals surface area contributed by atoms with Crippen LogP contribution < -0.4 is 0 Å². The van der Waals surface area contributed by atoms with Gasteiger partial charge in [0.25, 0.3) is 0 Å². The van der Waals surface area contributed by atoms with E-state index in [2.05, 4.69) is 13.8 Å². The summed E-state index contributed by atoms with van der Waals surface area (Å²) in [6.07, 6.45) is 9.99. The summed E-state index contributed by atoms with van der Waals surface area (Å²) >= 11 is 6.74. The minimum Gasteiger partial charge on any atom is -0.481 e. The van der Waals surface area contributed by atoms with Crippen LogP contribution in [-0.2, 0) is 9.59 Å². The molecule has 4 aliphatic rings. The lowest BCUT2D eigenvalue weighted by Gasteiger charge is -2.59. The van der Waals surface area contributed by atoms with Crippen molar-refractivity contribution in [1.29, 1.82) is 0 Å². The van der Waals surface area contributed by atoms with Crippen LogP contribution in [0.5, 0.6) is 0 Å². The minimum absolute atomic E-state index is 0.310. The topological polar surface area (TPSA) is 54.4 Å². The van der Waals surface area contributed by atoms with Gasteiger partial charge in [-0.05, 0) is 67.8 Å². The van der Waals surface area contributed by atoms with Crippen molar-refractivity contribution in [1.82, 2.24) is 0 Å². The molecule has 3 fully saturated rings. The van der Waals surface area contributed by atoms with Crippen LogP contribution in [0.4, 0.5) is 0 Å². The van der Waals surface area contributed by atoms with Gasteiger partial charge in [0.1, 0.15) is 5.92 Å².